The maximum atomic E-state index is 13.9. The summed E-state index contributed by atoms with van der Waals surface area (Å²) in [5, 5.41) is 22.5. The van der Waals surface area contributed by atoms with Crippen LogP contribution in [-0.2, 0) is 32.1 Å². The second kappa shape index (κ2) is 10.8. The number of likely N-dealkylation sites (N-methyl/N-ethyl adjacent to an activating group) is 1. The number of carbonyl (C=O) groups is 5. The van der Waals surface area contributed by atoms with Crippen LogP contribution in [0, 0.1) is 35.5 Å². The predicted octanol–water partition coefficient (Wildman–Crippen LogP) is 0.981. The molecule has 0 radical (unpaired) electrons. The number of aromatic hydroxyl groups is 1. The number of carbonyl (C=O) groups excluding carboxylic acids is 5. The number of aliphatic hydroxyl groups is 1. The molecule has 1 aromatic rings. The molecule has 40 heavy (non-hydrogen) atoms. The molecule has 10 heteroatoms. The van der Waals surface area contributed by atoms with Crippen molar-refractivity contribution in [3.05, 3.63) is 28.8 Å². The van der Waals surface area contributed by atoms with Crippen LogP contribution in [0.2, 0.25) is 0 Å². The summed E-state index contributed by atoms with van der Waals surface area (Å²) in [5.41, 5.74) is 4.23. The molecule has 0 aliphatic heterocycles. The van der Waals surface area contributed by atoms with Crippen molar-refractivity contribution in [3.63, 3.8) is 0 Å². The van der Waals surface area contributed by atoms with E-state index in [4.69, 9.17) is 5.73 Å². The Morgan fingerprint density at radius 3 is 2.17 bits per heavy atom. The molecule has 6 atom stereocenters. The second-order valence-electron chi connectivity index (χ2n) is 12.9. The van der Waals surface area contributed by atoms with E-state index >= 15 is 0 Å². The molecule has 3 aliphatic carbocycles. The number of nitrogens with two attached hydrogens (primary N) is 1. The van der Waals surface area contributed by atoms with E-state index in [2.05, 4.69) is 32.6 Å². The van der Waals surface area contributed by atoms with Gasteiger partial charge in [-0.15, -0.1) is 0 Å². The molecule has 1 aromatic carbocycles. The first-order chi connectivity index (χ1) is 18.6. The Kier molecular flexibility index (Phi) is 8.10. The number of Topliss-reactive ketones (excluding diaryl/α,β-unsaturated/α-hetero) is 4. The number of ketones is 4. The van der Waals surface area contributed by atoms with Gasteiger partial charge in [0.15, 0.2) is 34.7 Å². The number of amides is 1. The summed E-state index contributed by atoms with van der Waals surface area (Å²) in [6, 6.07) is 2.15. The highest BCUT2D eigenvalue weighted by molar-refractivity contribution is 6.32. The molecule has 3 aliphatic rings. The first kappa shape index (κ1) is 30.0. The van der Waals surface area contributed by atoms with E-state index in [0.717, 1.165) is 18.7 Å². The quantitative estimate of drug-likeness (QED) is 0.398. The van der Waals surface area contributed by atoms with Crippen molar-refractivity contribution in [1.82, 2.24) is 9.80 Å². The third-order valence-electron chi connectivity index (χ3n) is 8.68. The first-order valence-electron chi connectivity index (χ1n) is 14.0. The van der Waals surface area contributed by atoms with Crippen LogP contribution < -0.4 is 5.73 Å². The Labute approximate surface area is 234 Å². The highest BCUT2D eigenvalue weighted by Gasteiger charge is 2.69. The zero-order valence-electron chi connectivity index (χ0n) is 24.1. The maximum absolute atomic E-state index is 13.9. The summed E-state index contributed by atoms with van der Waals surface area (Å²) in [6.45, 7) is 10.8. The third kappa shape index (κ3) is 4.80. The van der Waals surface area contributed by atoms with Crippen molar-refractivity contribution < 1.29 is 34.2 Å². The molecule has 0 heterocycles. The largest absolute Gasteiger partial charge is 0.507 e. The maximum Gasteiger partial charge on any atom is 0.235 e. The van der Waals surface area contributed by atoms with Crippen molar-refractivity contribution >= 4 is 29.0 Å². The zero-order chi connectivity index (χ0) is 29.8. The molecule has 218 valence electrons. The van der Waals surface area contributed by atoms with Gasteiger partial charge in [-0.05, 0) is 61.9 Å². The van der Waals surface area contributed by atoms with Crippen molar-refractivity contribution in [2.24, 2.45) is 41.2 Å². The fourth-order valence-corrected chi connectivity index (χ4v) is 7.29. The van der Waals surface area contributed by atoms with E-state index in [9.17, 15) is 34.2 Å². The number of fused-ring (bicyclic) bond motifs is 3. The molecule has 1 amide bonds. The lowest BCUT2D eigenvalue weighted by Crippen LogP contribution is -2.74. The second-order valence-corrected chi connectivity index (χ2v) is 12.9. The Hall–Kier alpha value is -2.95. The van der Waals surface area contributed by atoms with Gasteiger partial charge in [-0.1, -0.05) is 33.8 Å². The van der Waals surface area contributed by atoms with Gasteiger partial charge in [0.25, 0.3) is 0 Å². The summed E-state index contributed by atoms with van der Waals surface area (Å²) in [5.74, 6) is -9.43. The lowest BCUT2D eigenvalue weighted by atomic mass is 9.52. The predicted molar refractivity (Wildman–Crippen MR) is 146 cm³/mol. The number of nitrogens with zero attached hydrogens (tertiary/aromatic N) is 2. The van der Waals surface area contributed by atoms with E-state index in [0.29, 0.717) is 23.9 Å². The summed E-state index contributed by atoms with van der Waals surface area (Å²) >= 11 is 0. The van der Waals surface area contributed by atoms with Crippen LogP contribution in [0.1, 0.15) is 55.6 Å². The summed E-state index contributed by atoms with van der Waals surface area (Å²) in [6.07, 6.45) is 0.313. The van der Waals surface area contributed by atoms with Crippen LogP contribution in [0.3, 0.4) is 0 Å². The minimum atomic E-state index is -2.71. The van der Waals surface area contributed by atoms with E-state index in [1.807, 2.05) is 6.07 Å². The lowest BCUT2D eigenvalue weighted by molar-refractivity contribution is -0.181. The minimum absolute atomic E-state index is 0.0399. The highest BCUT2D eigenvalue weighted by Crippen LogP contribution is 2.51. The molecule has 0 saturated heterocycles. The normalized spacial score (nSPS) is 30.2. The number of phenols is 1. The molecule has 2 fully saturated rings. The van der Waals surface area contributed by atoms with E-state index < -0.39 is 64.4 Å². The Bertz CT molecular complexity index is 1250. The van der Waals surface area contributed by atoms with Crippen molar-refractivity contribution in [2.75, 3.05) is 27.2 Å². The van der Waals surface area contributed by atoms with Gasteiger partial charge < -0.3 is 15.9 Å². The highest BCUT2D eigenvalue weighted by atomic mass is 16.3. The molecular weight excluding hydrogens is 514 g/mol. The molecule has 4 rings (SSSR count). The fraction of sp³-hybridized carbons (Fsp3) is 0.633. The van der Waals surface area contributed by atoms with Crippen LogP contribution >= 0.6 is 0 Å². The molecule has 0 aromatic heterocycles. The topological polar surface area (TPSA) is 158 Å². The Morgan fingerprint density at radius 2 is 1.65 bits per heavy atom. The number of rotatable bonds is 8. The average Bonchev–Trinajstić information content (AvgIpc) is 2.81. The van der Waals surface area contributed by atoms with Crippen molar-refractivity contribution in [3.8, 4) is 5.75 Å². The van der Waals surface area contributed by atoms with Crippen LogP contribution in [-0.4, -0.2) is 87.9 Å². The van der Waals surface area contributed by atoms with Gasteiger partial charge in [-0.25, -0.2) is 0 Å². The fourth-order valence-electron chi connectivity index (χ4n) is 7.29. The van der Waals surface area contributed by atoms with Gasteiger partial charge in [0.2, 0.25) is 5.91 Å². The molecule has 4 N–H and O–H groups in total. The van der Waals surface area contributed by atoms with Gasteiger partial charge in [-0.2, -0.15) is 0 Å². The van der Waals surface area contributed by atoms with Crippen LogP contribution in [0.5, 0.6) is 5.75 Å². The minimum Gasteiger partial charge on any atom is -0.507 e. The summed E-state index contributed by atoms with van der Waals surface area (Å²) in [7, 11) is 3.14. The summed E-state index contributed by atoms with van der Waals surface area (Å²) in [4.78, 5) is 70.4. The van der Waals surface area contributed by atoms with Crippen LogP contribution in [0.25, 0.3) is 0 Å². The molecule has 2 saturated carbocycles. The Morgan fingerprint density at radius 1 is 1.05 bits per heavy atom. The van der Waals surface area contributed by atoms with Gasteiger partial charge >= 0.3 is 0 Å². The third-order valence-corrected chi connectivity index (χ3v) is 8.68. The van der Waals surface area contributed by atoms with Crippen LogP contribution in [0.4, 0.5) is 0 Å². The average molecular weight is 556 g/mol. The van der Waals surface area contributed by atoms with Gasteiger partial charge in [0.05, 0.1) is 17.5 Å². The standard InChI is InChI=1S/C30H41N3O7/c1-14(2)11-33(12-15(3)4)13-16-7-8-20(34)22-18(16)9-17-10-19-24(32(5)6)26(36)23(29(31)39)28(38)30(19,40)27(37)21(17)25(22)35/h7-8,14-15,17,19,21,23-24,34,40H,9-13H2,1-6H3,(H2,31,39). The number of primary amides is 1. The van der Waals surface area contributed by atoms with Gasteiger partial charge in [-0.3, -0.25) is 33.8 Å². The monoisotopic (exact) mass is 555 g/mol. The SMILES string of the molecule is CC(C)CN(Cc1ccc(O)c2c1CC1CC3C(N(C)C)C(=O)C(C(N)=O)C(=O)C3(O)C(=O)C1C2=O)CC(C)C. The molecule has 0 spiro atoms. The number of hydrogen-bond acceptors (Lipinski definition) is 9. The van der Waals surface area contributed by atoms with Gasteiger partial charge in [0, 0.05) is 25.6 Å². The van der Waals surface area contributed by atoms with Crippen molar-refractivity contribution in [2.45, 2.75) is 58.7 Å². The van der Waals surface area contributed by atoms with Gasteiger partial charge in [0.1, 0.15) is 5.75 Å². The van der Waals surface area contributed by atoms with E-state index in [1.54, 1.807) is 14.1 Å². The first-order valence-corrected chi connectivity index (χ1v) is 14.0. The molecule has 6 unspecified atom stereocenters. The molecule has 0 bridgehead atoms. The number of benzene rings is 1. The van der Waals surface area contributed by atoms with E-state index in [-0.39, 0.29) is 24.2 Å². The van der Waals surface area contributed by atoms with Crippen LogP contribution in [0.15, 0.2) is 12.1 Å². The zero-order valence-corrected chi connectivity index (χ0v) is 24.1. The van der Waals surface area contributed by atoms with E-state index in [1.165, 1.54) is 11.0 Å². The smallest absolute Gasteiger partial charge is 0.235 e. The lowest BCUT2D eigenvalue weighted by Gasteiger charge is -2.52. The van der Waals surface area contributed by atoms with Crippen molar-refractivity contribution in [1.29, 1.82) is 0 Å². The molecule has 10 nitrogen and oxygen atoms in total. The summed E-state index contributed by atoms with van der Waals surface area (Å²) < 4.78 is 0. The molecular formula is C30H41N3O7. The number of phenolic OH excluding ortho intramolecular Hbond substituents is 1. The number of hydrogen-bond donors (Lipinski definition) is 3. The Balaban J connectivity index is 1.79.